The third-order valence-electron chi connectivity index (χ3n) is 3.86. The van der Waals surface area contributed by atoms with E-state index in [1.54, 1.807) is 6.33 Å². The van der Waals surface area contributed by atoms with Crippen LogP contribution < -0.4 is 5.32 Å². The van der Waals surface area contributed by atoms with E-state index >= 15 is 0 Å². The third kappa shape index (κ3) is 3.41. The molecule has 1 fully saturated rings. The number of nitrogens with one attached hydrogen (secondary N) is 1. The molecule has 3 heterocycles. The van der Waals surface area contributed by atoms with E-state index in [4.69, 9.17) is 11.6 Å². The molecule has 0 radical (unpaired) electrons. The van der Waals surface area contributed by atoms with E-state index in [2.05, 4.69) is 15.5 Å². The fourth-order valence-electron chi connectivity index (χ4n) is 2.76. The first-order valence-corrected chi connectivity index (χ1v) is 8.44. The minimum Gasteiger partial charge on any atom is -0.333 e. The lowest BCUT2D eigenvalue weighted by molar-refractivity contribution is 0.177. The van der Waals surface area contributed by atoms with Gasteiger partial charge in [-0.05, 0) is 25.0 Å². The minimum atomic E-state index is -0.0311. The Morgan fingerprint density at radius 2 is 2.41 bits per heavy atom. The number of hydrogen-bond donors (Lipinski definition) is 1. The first-order chi connectivity index (χ1) is 10.6. The van der Waals surface area contributed by atoms with Crippen LogP contribution in [0, 0.1) is 0 Å². The maximum absolute atomic E-state index is 12.3. The molecule has 0 aromatic carbocycles. The smallest absolute Gasteiger partial charge is 0.317 e. The summed E-state index contributed by atoms with van der Waals surface area (Å²) in [4.78, 5) is 15.2. The predicted molar refractivity (Wildman–Crippen MR) is 86.1 cm³/mol. The fourth-order valence-corrected chi connectivity index (χ4v) is 3.78. The van der Waals surface area contributed by atoms with E-state index in [1.807, 2.05) is 28.6 Å². The molecule has 2 aromatic rings. The molecule has 1 unspecified atom stereocenters. The van der Waals surface area contributed by atoms with Gasteiger partial charge in [-0.25, -0.2) is 4.79 Å². The predicted octanol–water partition coefficient (Wildman–Crippen LogP) is 2.62. The Morgan fingerprint density at radius 3 is 3.09 bits per heavy atom. The zero-order valence-electron chi connectivity index (χ0n) is 12.3. The maximum atomic E-state index is 12.3. The largest absolute Gasteiger partial charge is 0.333 e. The second-order valence-corrected chi connectivity index (χ2v) is 7.25. The molecule has 3 rings (SSSR count). The first-order valence-electron chi connectivity index (χ1n) is 7.24. The number of halogens is 1. The zero-order chi connectivity index (χ0) is 15.5. The summed E-state index contributed by atoms with van der Waals surface area (Å²) in [6, 6.07) is 3.75. The number of likely N-dealkylation sites (tertiary alicyclic amines) is 1. The summed E-state index contributed by atoms with van der Waals surface area (Å²) in [6.07, 6.45) is 3.72. The summed E-state index contributed by atoms with van der Waals surface area (Å²) >= 11 is 7.38. The number of amides is 2. The highest BCUT2D eigenvalue weighted by Gasteiger charge is 2.27. The van der Waals surface area contributed by atoms with Crippen molar-refractivity contribution < 1.29 is 4.79 Å². The highest BCUT2D eigenvalue weighted by molar-refractivity contribution is 7.16. The van der Waals surface area contributed by atoms with Gasteiger partial charge in [-0.2, -0.15) is 0 Å². The van der Waals surface area contributed by atoms with Gasteiger partial charge in [0.1, 0.15) is 12.2 Å². The number of carbonyl (C=O) groups excluding carboxylic acids is 1. The van der Waals surface area contributed by atoms with Gasteiger partial charge < -0.3 is 14.8 Å². The average molecular weight is 340 g/mol. The monoisotopic (exact) mass is 339 g/mol. The lowest BCUT2D eigenvalue weighted by atomic mass is 9.97. The highest BCUT2D eigenvalue weighted by atomic mass is 35.5. The quantitative estimate of drug-likeness (QED) is 0.935. The van der Waals surface area contributed by atoms with Crippen LogP contribution in [0.25, 0.3) is 0 Å². The fraction of sp³-hybridized carbons (Fsp3) is 0.500. The molecule has 0 aliphatic carbocycles. The van der Waals surface area contributed by atoms with Crippen LogP contribution in [0.4, 0.5) is 4.79 Å². The molecule has 0 bridgehead atoms. The lowest BCUT2D eigenvalue weighted by Gasteiger charge is -2.32. The topological polar surface area (TPSA) is 63.1 Å². The van der Waals surface area contributed by atoms with Crippen molar-refractivity contribution in [2.45, 2.75) is 25.3 Å². The summed E-state index contributed by atoms with van der Waals surface area (Å²) in [6.45, 7) is 1.98. The van der Waals surface area contributed by atoms with E-state index in [0.717, 1.165) is 34.4 Å². The third-order valence-corrected chi connectivity index (χ3v) is 5.09. The van der Waals surface area contributed by atoms with Crippen molar-refractivity contribution in [2.75, 3.05) is 13.1 Å². The van der Waals surface area contributed by atoms with Crippen LogP contribution in [0.3, 0.4) is 0 Å². The number of aryl methyl sites for hydroxylation is 1. The number of thiophene rings is 1. The van der Waals surface area contributed by atoms with Crippen molar-refractivity contribution in [3.05, 3.63) is 33.5 Å². The Morgan fingerprint density at radius 1 is 1.55 bits per heavy atom. The molecule has 2 aromatic heterocycles. The Hall–Kier alpha value is -1.60. The summed E-state index contributed by atoms with van der Waals surface area (Å²) < 4.78 is 2.67. The van der Waals surface area contributed by atoms with E-state index in [-0.39, 0.29) is 11.9 Å². The number of nitrogens with zero attached hydrogens (tertiary/aromatic N) is 4. The number of urea groups is 1. The Balaban J connectivity index is 1.57. The molecule has 8 heteroatoms. The van der Waals surface area contributed by atoms with Gasteiger partial charge in [-0.15, -0.1) is 21.5 Å². The van der Waals surface area contributed by atoms with Crippen molar-refractivity contribution in [1.29, 1.82) is 0 Å². The molecule has 1 aliphatic rings. The Labute approximate surface area is 138 Å². The normalized spacial score (nSPS) is 18.5. The van der Waals surface area contributed by atoms with Crippen LogP contribution in [-0.4, -0.2) is 38.8 Å². The summed E-state index contributed by atoms with van der Waals surface area (Å²) in [5.74, 6) is 1.20. The van der Waals surface area contributed by atoms with Crippen molar-refractivity contribution in [3.63, 3.8) is 0 Å². The number of carbonyl (C=O) groups is 1. The minimum absolute atomic E-state index is 0.0311. The average Bonchev–Trinajstić information content (AvgIpc) is 3.13. The molecule has 1 atom stereocenters. The molecule has 1 N–H and O–H groups in total. The van der Waals surface area contributed by atoms with Crippen LogP contribution >= 0.6 is 22.9 Å². The van der Waals surface area contributed by atoms with Gasteiger partial charge in [0.2, 0.25) is 0 Å². The van der Waals surface area contributed by atoms with Gasteiger partial charge in [-0.1, -0.05) is 11.6 Å². The number of hydrogen-bond acceptors (Lipinski definition) is 4. The standard InChI is InChI=1S/C14H18ClN5OS/c1-19-9-17-18-13(19)10-3-2-6-20(8-10)14(21)16-7-11-4-5-12(15)22-11/h4-5,9-10H,2-3,6-8H2,1H3,(H,16,21). The molecular formula is C14H18ClN5OS. The molecule has 2 amide bonds. The van der Waals surface area contributed by atoms with E-state index in [9.17, 15) is 4.79 Å². The van der Waals surface area contributed by atoms with Crippen molar-refractivity contribution in [2.24, 2.45) is 7.05 Å². The lowest BCUT2D eigenvalue weighted by Crippen LogP contribution is -2.45. The van der Waals surface area contributed by atoms with E-state index in [1.165, 1.54) is 11.3 Å². The van der Waals surface area contributed by atoms with Crippen LogP contribution in [0.15, 0.2) is 18.5 Å². The number of piperidine rings is 1. The SMILES string of the molecule is Cn1cnnc1C1CCCN(C(=O)NCc2ccc(Cl)s2)C1. The number of aromatic nitrogens is 3. The molecule has 1 saturated heterocycles. The van der Waals surface area contributed by atoms with Crippen molar-refractivity contribution in [1.82, 2.24) is 25.0 Å². The Bertz CT molecular complexity index is 655. The van der Waals surface area contributed by atoms with Crippen LogP contribution in [-0.2, 0) is 13.6 Å². The Kier molecular flexibility index (Phi) is 4.63. The summed E-state index contributed by atoms with van der Waals surface area (Å²) in [5.41, 5.74) is 0. The molecule has 22 heavy (non-hydrogen) atoms. The highest BCUT2D eigenvalue weighted by Crippen LogP contribution is 2.25. The summed E-state index contributed by atoms with van der Waals surface area (Å²) in [5, 5.41) is 11.1. The van der Waals surface area contributed by atoms with Crippen LogP contribution in [0.1, 0.15) is 29.5 Å². The molecule has 0 spiro atoms. The molecule has 0 saturated carbocycles. The van der Waals surface area contributed by atoms with Gasteiger partial charge in [0.15, 0.2) is 0 Å². The van der Waals surface area contributed by atoms with Gasteiger partial charge in [0.25, 0.3) is 0 Å². The first kappa shape index (κ1) is 15.3. The maximum Gasteiger partial charge on any atom is 0.317 e. The van der Waals surface area contributed by atoms with Crippen molar-refractivity contribution >= 4 is 29.0 Å². The molecule has 1 aliphatic heterocycles. The summed E-state index contributed by atoms with van der Waals surface area (Å²) in [7, 11) is 1.94. The molecule has 6 nitrogen and oxygen atoms in total. The van der Waals surface area contributed by atoms with Gasteiger partial charge >= 0.3 is 6.03 Å². The number of rotatable bonds is 3. The molecule has 118 valence electrons. The van der Waals surface area contributed by atoms with E-state index in [0.29, 0.717) is 13.1 Å². The second-order valence-electron chi connectivity index (χ2n) is 5.45. The molecular weight excluding hydrogens is 322 g/mol. The second kappa shape index (κ2) is 6.66. The van der Waals surface area contributed by atoms with Crippen LogP contribution in [0.5, 0.6) is 0 Å². The van der Waals surface area contributed by atoms with Crippen LogP contribution in [0.2, 0.25) is 4.34 Å². The van der Waals surface area contributed by atoms with Crippen molar-refractivity contribution in [3.8, 4) is 0 Å². The van der Waals surface area contributed by atoms with Gasteiger partial charge in [0, 0.05) is 30.9 Å². The van der Waals surface area contributed by atoms with Gasteiger partial charge in [-0.3, -0.25) is 0 Å². The zero-order valence-corrected chi connectivity index (χ0v) is 13.9. The van der Waals surface area contributed by atoms with Gasteiger partial charge in [0.05, 0.1) is 10.9 Å². The van der Waals surface area contributed by atoms with E-state index < -0.39 is 0 Å².